The lowest BCUT2D eigenvalue weighted by Gasteiger charge is -2.08. The monoisotopic (exact) mass is 328 g/mol. The maximum absolute atomic E-state index is 11.2. The number of rotatable bonds is 12. The van der Waals surface area contributed by atoms with Gasteiger partial charge in [-0.3, -0.25) is 0 Å². The second-order valence-corrected chi connectivity index (χ2v) is 3.89. The third-order valence-corrected chi connectivity index (χ3v) is 2.19. The predicted octanol–water partition coefficient (Wildman–Crippen LogP) is 0.222. The highest BCUT2D eigenvalue weighted by molar-refractivity contribution is 5.74. The van der Waals surface area contributed by atoms with E-state index in [2.05, 4.69) is 41.3 Å². The number of hydrogen-bond acceptors (Lipinski definition) is 5. The van der Waals surface area contributed by atoms with Gasteiger partial charge in [0.25, 0.3) is 0 Å². The summed E-state index contributed by atoms with van der Waals surface area (Å²) in [5.74, 6) is 0. The molecule has 13 heteroatoms. The van der Waals surface area contributed by atoms with Crippen LogP contribution < -0.4 is 21.3 Å². The van der Waals surface area contributed by atoms with Crippen molar-refractivity contribution < 1.29 is 14.3 Å². The average molecular weight is 328 g/mol. The molecule has 0 heterocycles. The van der Waals surface area contributed by atoms with Crippen LogP contribution in [0.15, 0.2) is 10.2 Å². The Hall–Kier alpha value is -2.88. The zero-order valence-corrected chi connectivity index (χ0v) is 12.6. The van der Waals surface area contributed by atoms with Gasteiger partial charge in [-0.05, 0) is 11.1 Å². The lowest BCUT2D eigenvalue weighted by molar-refractivity contribution is 0.138. The molecule has 0 aliphatic carbocycles. The molecule has 0 aliphatic rings. The molecule has 13 nitrogen and oxygen atoms in total. The molecule has 0 saturated carbocycles. The summed E-state index contributed by atoms with van der Waals surface area (Å²) in [7, 11) is 0. The zero-order valence-electron chi connectivity index (χ0n) is 12.6. The van der Waals surface area contributed by atoms with Crippen molar-refractivity contribution >= 4 is 12.1 Å². The largest absolute Gasteiger partial charge is 0.378 e. The summed E-state index contributed by atoms with van der Waals surface area (Å²) in [6.45, 7) is 2.12. The molecule has 0 bridgehead atoms. The molecule has 0 radical (unpaired) electrons. The van der Waals surface area contributed by atoms with E-state index in [1.54, 1.807) is 0 Å². The van der Waals surface area contributed by atoms with Crippen LogP contribution in [0, 0.1) is 0 Å². The van der Waals surface area contributed by atoms with Crippen LogP contribution in [-0.4, -0.2) is 64.5 Å². The number of amides is 4. The van der Waals surface area contributed by atoms with Gasteiger partial charge in [0.15, 0.2) is 0 Å². The van der Waals surface area contributed by atoms with Crippen LogP contribution >= 0.6 is 0 Å². The van der Waals surface area contributed by atoms with Crippen molar-refractivity contribution in [2.75, 3.05) is 52.5 Å². The number of carbonyl (C=O) groups excluding carboxylic acids is 2. The van der Waals surface area contributed by atoms with Crippen LogP contribution in [0.5, 0.6) is 0 Å². The SMILES string of the molecule is [N-]=[N+]=NCCNC(=O)NCCOCCNC(=O)NCCN=[N+]=[N-]. The number of carbonyl (C=O) groups is 2. The van der Waals surface area contributed by atoms with Crippen LogP contribution in [0.1, 0.15) is 0 Å². The summed E-state index contributed by atoms with van der Waals surface area (Å²) >= 11 is 0. The minimum Gasteiger partial charge on any atom is -0.378 e. The summed E-state index contributed by atoms with van der Waals surface area (Å²) in [5.41, 5.74) is 16.1. The quantitative estimate of drug-likeness (QED) is 0.173. The van der Waals surface area contributed by atoms with Crippen molar-refractivity contribution in [3.8, 4) is 0 Å². The van der Waals surface area contributed by atoms with Gasteiger partial charge in [-0.2, -0.15) is 0 Å². The van der Waals surface area contributed by atoms with Gasteiger partial charge in [-0.15, -0.1) is 0 Å². The molecule has 128 valence electrons. The van der Waals surface area contributed by atoms with Gasteiger partial charge in [-0.25, -0.2) is 9.59 Å². The smallest absolute Gasteiger partial charge is 0.314 e. The van der Waals surface area contributed by atoms with Crippen LogP contribution in [-0.2, 0) is 4.74 Å². The Kier molecular flexibility index (Phi) is 13.6. The molecule has 0 spiro atoms. The van der Waals surface area contributed by atoms with Crippen LogP contribution in [0.4, 0.5) is 9.59 Å². The van der Waals surface area contributed by atoms with Gasteiger partial charge in [-0.1, -0.05) is 10.2 Å². The van der Waals surface area contributed by atoms with E-state index in [1.165, 1.54) is 0 Å². The Morgan fingerprint density at radius 1 is 0.783 bits per heavy atom. The highest BCUT2D eigenvalue weighted by Gasteiger charge is 1.99. The Labute approximate surface area is 132 Å². The van der Waals surface area contributed by atoms with E-state index in [-0.39, 0.29) is 38.2 Å². The van der Waals surface area contributed by atoms with Gasteiger partial charge in [0.1, 0.15) is 0 Å². The van der Waals surface area contributed by atoms with Crippen LogP contribution in [0.3, 0.4) is 0 Å². The topological polar surface area (TPSA) is 189 Å². The molecule has 4 N–H and O–H groups in total. The number of azide groups is 2. The van der Waals surface area contributed by atoms with E-state index < -0.39 is 0 Å². The third-order valence-electron chi connectivity index (χ3n) is 2.19. The number of urea groups is 2. The summed E-state index contributed by atoms with van der Waals surface area (Å²) in [6.07, 6.45) is 0. The fourth-order valence-electron chi connectivity index (χ4n) is 1.23. The lowest BCUT2D eigenvalue weighted by atomic mass is 10.6. The molecule has 0 atom stereocenters. The lowest BCUT2D eigenvalue weighted by Crippen LogP contribution is -2.39. The highest BCUT2D eigenvalue weighted by Crippen LogP contribution is 1.75. The van der Waals surface area contributed by atoms with Gasteiger partial charge >= 0.3 is 12.1 Å². The van der Waals surface area contributed by atoms with Crippen LogP contribution in [0.25, 0.3) is 20.9 Å². The normalized spacial score (nSPS) is 9.04. The van der Waals surface area contributed by atoms with Crippen molar-refractivity contribution in [3.05, 3.63) is 20.9 Å². The van der Waals surface area contributed by atoms with E-state index in [9.17, 15) is 9.59 Å². The molecule has 0 saturated heterocycles. The molecule has 0 aromatic heterocycles. The summed E-state index contributed by atoms with van der Waals surface area (Å²) < 4.78 is 5.20. The fourth-order valence-corrected chi connectivity index (χ4v) is 1.23. The summed E-state index contributed by atoms with van der Waals surface area (Å²) in [4.78, 5) is 27.6. The van der Waals surface area contributed by atoms with Gasteiger partial charge < -0.3 is 26.0 Å². The summed E-state index contributed by atoms with van der Waals surface area (Å²) in [5, 5.41) is 16.6. The van der Waals surface area contributed by atoms with E-state index in [4.69, 9.17) is 15.8 Å². The predicted molar refractivity (Wildman–Crippen MR) is 81.6 cm³/mol. The average Bonchev–Trinajstić information content (AvgIpc) is 2.54. The van der Waals surface area contributed by atoms with Crippen molar-refractivity contribution in [2.24, 2.45) is 10.2 Å². The van der Waals surface area contributed by atoms with Crippen LogP contribution in [0.2, 0.25) is 0 Å². The zero-order chi connectivity index (χ0) is 17.2. The summed E-state index contributed by atoms with van der Waals surface area (Å²) in [6, 6.07) is -0.751. The third kappa shape index (κ3) is 15.3. The Bertz CT molecular complexity index is 404. The standard InChI is InChI=1S/C10H20N10O3/c11-19-17-3-1-13-9(21)15-5-7-23-8-6-16-10(22)14-2-4-18-20-12/h1-8H2,(H2,13,15,21)(H2,14,16,22). The molecular formula is C10H20N10O3. The number of nitrogens with one attached hydrogen (secondary N) is 4. The minimum atomic E-state index is -0.376. The molecule has 0 unspecified atom stereocenters. The number of nitrogens with zero attached hydrogens (tertiary/aromatic N) is 6. The van der Waals surface area contributed by atoms with Crippen molar-refractivity contribution in [1.82, 2.24) is 21.3 Å². The fraction of sp³-hybridized carbons (Fsp3) is 0.800. The van der Waals surface area contributed by atoms with E-state index >= 15 is 0 Å². The first-order chi connectivity index (χ1) is 11.2. The molecule has 0 aliphatic heterocycles. The first-order valence-electron chi connectivity index (χ1n) is 6.83. The maximum Gasteiger partial charge on any atom is 0.314 e. The Morgan fingerprint density at radius 2 is 1.17 bits per heavy atom. The molecule has 4 amide bonds. The molecular weight excluding hydrogens is 308 g/mol. The highest BCUT2D eigenvalue weighted by atomic mass is 16.5. The minimum absolute atomic E-state index is 0.191. The van der Waals surface area contributed by atoms with Crippen molar-refractivity contribution in [2.45, 2.75) is 0 Å². The van der Waals surface area contributed by atoms with Gasteiger partial charge in [0.05, 0.1) is 13.2 Å². The second-order valence-electron chi connectivity index (χ2n) is 3.89. The Morgan fingerprint density at radius 3 is 1.57 bits per heavy atom. The van der Waals surface area contributed by atoms with E-state index in [1.807, 2.05) is 0 Å². The molecule has 0 rings (SSSR count). The number of ether oxygens (including phenoxy) is 1. The molecule has 23 heavy (non-hydrogen) atoms. The second kappa shape index (κ2) is 15.5. The first kappa shape index (κ1) is 20.1. The maximum atomic E-state index is 11.2. The molecule has 0 aromatic rings. The Balaban J connectivity index is 3.35. The van der Waals surface area contributed by atoms with E-state index in [0.29, 0.717) is 26.3 Å². The van der Waals surface area contributed by atoms with Crippen molar-refractivity contribution in [1.29, 1.82) is 0 Å². The van der Waals surface area contributed by atoms with Gasteiger partial charge in [0, 0.05) is 49.1 Å². The first-order valence-corrected chi connectivity index (χ1v) is 6.83. The molecule has 0 fully saturated rings. The number of hydrogen-bond donors (Lipinski definition) is 4. The van der Waals surface area contributed by atoms with Crippen molar-refractivity contribution in [3.63, 3.8) is 0 Å². The molecule has 0 aromatic carbocycles. The van der Waals surface area contributed by atoms with E-state index in [0.717, 1.165) is 0 Å². The van der Waals surface area contributed by atoms with Gasteiger partial charge in [0.2, 0.25) is 0 Å².